The minimum atomic E-state index is -0.359. The molecule has 1 heterocycles. The number of halogens is 1. The van der Waals surface area contributed by atoms with Crippen LogP contribution < -0.4 is 5.32 Å². The minimum Gasteiger partial charge on any atom is -0.381 e. The minimum absolute atomic E-state index is 0.133. The topological polar surface area (TPSA) is 55.2 Å². The number of thiophene rings is 1. The van der Waals surface area contributed by atoms with Gasteiger partial charge in [0.2, 0.25) is 0 Å². The first-order valence-corrected chi connectivity index (χ1v) is 8.24. The molecule has 2 rings (SSSR count). The summed E-state index contributed by atoms with van der Waals surface area (Å²) in [6.07, 6.45) is 0.932. The molecule has 0 aliphatic heterocycles. The van der Waals surface area contributed by atoms with E-state index >= 15 is 0 Å². The van der Waals surface area contributed by atoms with E-state index < -0.39 is 0 Å². The molecule has 0 radical (unpaired) electrons. The summed E-state index contributed by atoms with van der Waals surface area (Å²) in [5, 5.41) is 14.3. The summed E-state index contributed by atoms with van der Waals surface area (Å²) < 4.78 is 0.717. The number of anilines is 1. The van der Waals surface area contributed by atoms with Gasteiger partial charge in [-0.2, -0.15) is 0 Å². The second-order valence-electron chi connectivity index (χ2n) is 5.14. The van der Waals surface area contributed by atoms with Crippen molar-refractivity contribution in [1.82, 2.24) is 0 Å². The number of nitro benzene ring substituents is 1. The van der Waals surface area contributed by atoms with E-state index in [2.05, 4.69) is 47.2 Å². The van der Waals surface area contributed by atoms with E-state index in [1.807, 2.05) is 6.07 Å². The van der Waals surface area contributed by atoms with Crippen LogP contribution >= 0.6 is 27.3 Å². The first kappa shape index (κ1) is 16.0. The van der Waals surface area contributed by atoms with Crippen molar-refractivity contribution >= 4 is 38.6 Å². The Morgan fingerprint density at radius 3 is 2.67 bits per heavy atom. The molecule has 112 valence electrons. The summed E-state index contributed by atoms with van der Waals surface area (Å²) in [5.41, 5.74) is 1.68. The fourth-order valence-electron chi connectivity index (χ4n) is 2.19. The van der Waals surface area contributed by atoms with Gasteiger partial charge in [0.05, 0.1) is 4.92 Å². The largest absolute Gasteiger partial charge is 0.381 e. The molecule has 6 heteroatoms. The summed E-state index contributed by atoms with van der Waals surface area (Å²) in [6.45, 7) is 5.96. The number of hydrogen-bond donors (Lipinski definition) is 1. The number of nitrogens with zero attached hydrogens (tertiary/aromatic N) is 1. The van der Waals surface area contributed by atoms with Gasteiger partial charge in [0.15, 0.2) is 0 Å². The zero-order chi connectivity index (χ0) is 15.6. The maximum absolute atomic E-state index is 10.9. The molecule has 0 bridgehead atoms. The SMILES string of the molecule is Cc1ccc(CC(C)Nc2cc(C)c([N+](=O)[O-])cc2Br)s1. The Balaban J connectivity index is 2.12. The van der Waals surface area contributed by atoms with E-state index in [1.165, 1.54) is 9.75 Å². The number of hydrogen-bond acceptors (Lipinski definition) is 4. The van der Waals surface area contributed by atoms with Crippen molar-refractivity contribution in [2.24, 2.45) is 0 Å². The quantitative estimate of drug-likeness (QED) is 0.591. The number of nitrogens with one attached hydrogen (secondary N) is 1. The molecule has 0 spiro atoms. The van der Waals surface area contributed by atoms with Gasteiger partial charge in [-0.3, -0.25) is 10.1 Å². The van der Waals surface area contributed by atoms with E-state index in [9.17, 15) is 10.1 Å². The number of aryl methyl sites for hydroxylation is 2. The molecule has 1 unspecified atom stereocenters. The Kier molecular flexibility index (Phi) is 5.00. The van der Waals surface area contributed by atoms with Gasteiger partial charge in [-0.05, 0) is 54.9 Å². The van der Waals surface area contributed by atoms with Gasteiger partial charge in [-0.25, -0.2) is 0 Å². The van der Waals surface area contributed by atoms with Gasteiger partial charge < -0.3 is 5.32 Å². The third-order valence-corrected chi connectivity index (χ3v) is 4.87. The lowest BCUT2D eigenvalue weighted by atomic mass is 10.1. The van der Waals surface area contributed by atoms with Gasteiger partial charge in [0, 0.05) is 44.0 Å². The van der Waals surface area contributed by atoms with Crippen LogP contribution in [0.3, 0.4) is 0 Å². The summed E-state index contributed by atoms with van der Waals surface area (Å²) >= 11 is 5.20. The highest BCUT2D eigenvalue weighted by atomic mass is 79.9. The van der Waals surface area contributed by atoms with Crippen LogP contribution in [-0.2, 0) is 6.42 Å². The molecule has 0 amide bonds. The lowest BCUT2D eigenvalue weighted by Gasteiger charge is -2.16. The Hall–Kier alpha value is -1.40. The van der Waals surface area contributed by atoms with Crippen LogP contribution in [0.1, 0.15) is 22.2 Å². The lowest BCUT2D eigenvalue weighted by Crippen LogP contribution is -2.18. The van der Waals surface area contributed by atoms with Crippen LogP contribution in [0.25, 0.3) is 0 Å². The van der Waals surface area contributed by atoms with Crippen LogP contribution in [-0.4, -0.2) is 11.0 Å². The Morgan fingerprint density at radius 1 is 1.38 bits per heavy atom. The van der Waals surface area contributed by atoms with E-state index in [-0.39, 0.29) is 16.7 Å². The maximum Gasteiger partial charge on any atom is 0.273 e. The van der Waals surface area contributed by atoms with Crippen LogP contribution in [0.2, 0.25) is 0 Å². The Morgan fingerprint density at radius 2 is 2.10 bits per heavy atom. The van der Waals surface area contributed by atoms with E-state index in [1.54, 1.807) is 24.3 Å². The monoisotopic (exact) mass is 368 g/mol. The van der Waals surface area contributed by atoms with Crippen molar-refractivity contribution in [2.45, 2.75) is 33.2 Å². The number of benzene rings is 1. The van der Waals surface area contributed by atoms with Crippen molar-refractivity contribution in [3.63, 3.8) is 0 Å². The summed E-state index contributed by atoms with van der Waals surface area (Å²) in [7, 11) is 0. The highest BCUT2D eigenvalue weighted by molar-refractivity contribution is 9.10. The molecule has 0 saturated heterocycles. The zero-order valence-corrected chi connectivity index (χ0v) is 14.5. The molecular formula is C15H17BrN2O2S. The zero-order valence-electron chi connectivity index (χ0n) is 12.1. The van der Waals surface area contributed by atoms with Crippen molar-refractivity contribution in [1.29, 1.82) is 0 Å². The summed E-state index contributed by atoms with van der Waals surface area (Å²) in [6, 6.07) is 7.89. The average molecular weight is 369 g/mol. The molecule has 2 aromatic rings. The van der Waals surface area contributed by atoms with Crippen molar-refractivity contribution < 1.29 is 4.92 Å². The van der Waals surface area contributed by atoms with Gasteiger partial charge >= 0.3 is 0 Å². The summed E-state index contributed by atoms with van der Waals surface area (Å²) in [5.74, 6) is 0. The third-order valence-electron chi connectivity index (χ3n) is 3.19. The molecule has 0 aliphatic carbocycles. The first-order valence-electron chi connectivity index (χ1n) is 6.63. The standard InChI is InChI=1S/C15H17BrN2O2S/c1-9-6-14(13(16)8-15(9)18(19)20)17-10(2)7-12-5-4-11(3)21-12/h4-6,8,10,17H,7H2,1-3H3. The van der Waals surface area contributed by atoms with E-state index in [0.717, 1.165) is 12.1 Å². The molecule has 1 aromatic heterocycles. The van der Waals surface area contributed by atoms with Gasteiger partial charge in [0.1, 0.15) is 0 Å². The lowest BCUT2D eigenvalue weighted by molar-refractivity contribution is -0.385. The smallest absolute Gasteiger partial charge is 0.273 e. The number of rotatable bonds is 5. The Labute approximate surface area is 136 Å². The molecule has 4 nitrogen and oxygen atoms in total. The molecule has 0 fully saturated rings. The fraction of sp³-hybridized carbons (Fsp3) is 0.333. The highest BCUT2D eigenvalue weighted by Crippen LogP contribution is 2.31. The fourth-order valence-corrected chi connectivity index (χ4v) is 3.66. The second kappa shape index (κ2) is 6.58. The predicted octanol–water partition coefficient (Wildman–Crippen LogP) is 5.08. The third kappa shape index (κ3) is 4.04. The van der Waals surface area contributed by atoms with E-state index in [4.69, 9.17) is 0 Å². The molecule has 1 atom stereocenters. The normalized spacial score (nSPS) is 12.2. The second-order valence-corrected chi connectivity index (χ2v) is 7.36. The molecule has 1 aromatic carbocycles. The Bertz CT molecular complexity index is 670. The van der Waals surface area contributed by atoms with Crippen molar-refractivity contribution in [3.8, 4) is 0 Å². The van der Waals surface area contributed by atoms with Crippen molar-refractivity contribution in [2.75, 3.05) is 5.32 Å². The molecule has 0 saturated carbocycles. The highest BCUT2D eigenvalue weighted by Gasteiger charge is 2.15. The molecule has 21 heavy (non-hydrogen) atoms. The average Bonchev–Trinajstić information content (AvgIpc) is 2.78. The predicted molar refractivity (Wildman–Crippen MR) is 91.4 cm³/mol. The summed E-state index contributed by atoms with van der Waals surface area (Å²) in [4.78, 5) is 13.2. The van der Waals surface area contributed by atoms with Gasteiger partial charge in [-0.1, -0.05) is 0 Å². The van der Waals surface area contributed by atoms with Crippen LogP contribution in [0.4, 0.5) is 11.4 Å². The molecule has 0 aliphatic rings. The number of nitro groups is 1. The maximum atomic E-state index is 10.9. The van der Waals surface area contributed by atoms with Gasteiger partial charge in [0.25, 0.3) is 5.69 Å². The van der Waals surface area contributed by atoms with E-state index in [0.29, 0.717) is 10.0 Å². The van der Waals surface area contributed by atoms with Crippen LogP contribution in [0.15, 0.2) is 28.7 Å². The van der Waals surface area contributed by atoms with Gasteiger partial charge in [-0.15, -0.1) is 11.3 Å². The first-order chi connectivity index (χ1) is 9.86. The molecular weight excluding hydrogens is 352 g/mol. The van der Waals surface area contributed by atoms with Crippen LogP contribution in [0.5, 0.6) is 0 Å². The molecule has 1 N–H and O–H groups in total. The van der Waals surface area contributed by atoms with Crippen LogP contribution in [0, 0.1) is 24.0 Å². The van der Waals surface area contributed by atoms with Crippen molar-refractivity contribution in [3.05, 3.63) is 54.2 Å².